The molecule has 10 nitrogen and oxygen atoms in total. The Hall–Kier alpha value is -3.67. The second-order valence-electron chi connectivity index (χ2n) is 6.88. The van der Waals surface area contributed by atoms with Crippen molar-refractivity contribution in [3.63, 3.8) is 0 Å². The van der Waals surface area contributed by atoms with E-state index in [4.69, 9.17) is 0 Å². The van der Waals surface area contributed by atoms with Crippen LogP contribution in [0.4, 0.5) is 10.1 Å². The maximum absolute atomic E-state index is 15.0. The number of fused-ring (bicyclic) bond motifs is 1. The van der Waals surface area contributed by atoms with Gasteiger partial charge in [0.2, 0.25) is 5.43 Å². The molecule has 1 fully saturated rings. The van der Waals surface area contributed by atoms with Crippen molar-refractivity contribution >= 4 is 39.8 Å². The van der Waals surface area contributed by atoms with Crippen molar-refractivity contribution in [1.82, 2.24) is 14.6 Å². The number of hydrogen-bond acceptors (Lipinski definition) is 8. The second kappa shape index (κ2) is 7.87. The SMILES string of the molecule is CNn1cc(C(=O)O)c(=O)c2cc(F)c(N3CCN(C(=O)c4cscn4)CC3)c(O)c21. The van der Waals surface area contributed by atoms with E-state index in [0.717, 1.165) is 12.3 Å². The van der Waals surface area contributed by atoms with Gasteiger partial charge in [0, 0.05) is 44.8 Å². The molecule has 0 saturated carbocycles. The minimum atomic E-state index is -1.46. The molecule has 0 spiro atoms. The van der Waals surface area contributed by atoms with Crippen molar-refractivity contribution in [2.24, 2.45) is 0 Å². The number of thiazole rings is 1. The lowest BCUT2D eigenvalue weighted by Crippen LogP contribution is -2.49. The number of aromatic nitrogens is 2. The van der Waals surface area contributed by atoms with Gasteiger partial charge in [0.1, 0.15) is 22.5 Å². The number of aromatic carboxylic acids is 1. The van der Waals surface area contributed by atoms with Crippen molar-refractivity contribution in [3.05, 3.63) is 50.5 Å². The molecule has 3 N–H and O–H groups in total. The number of carboxylic acids is 1. The molecule has 1 saturated heterocycles. The number of phenolic OH excluding ortho intramolecular Hbond substituents is 1. The number of carbonyl (C=O) groups is 2. The monoisotopic (exact) mass is 447 g/mol. The zero-order valence-electron chi connectivity index (χ0n) is 16.3. The zero-order valence-corrected chi connectivity index (χ0v) is 17.1. The van der Waals surface area contributed by atoms with Crippen molar-refractivity contribution < 1.29 is 24.2 Å². The fourth-order valence-corrected chi connectivity index (χ4v) is 4.20. The number of carbonyl (C=O) groups excluding carboxylic acids is 1. The second-order valence-corrected chi connectivity index (χ2v) is 7.59. The summed E-state index contributed by atoms with van der Waals surface area (Å²) in [4.78, 5) is 43.5. The van der Waals surface area contributed by atoms with E-state index in [1.54, 1.807) is 20.7 Å². The predicted octanol–water partition coefficient (Wildman–Crippen LogP) is 1.14. The third-order valence-electron chi connectivity index (χ3n) is 5.20. The van der Waals surface area contributed by atoms with Gasteiger partial charge in [-0.25, -0.2) is 14.2 Å². The van der Waals surface area contributed by atoms with Crippen LogP contribution < -0.4 is 15.8 Å². The molecule has 0 aliphatic carbocycles. The topological polar surface area (TPSA) is 128 Å². The van der Waals surface area contributed by atoms with Gasteiger partial charge >= 0.3 is 5.97 Å². The van der Waals surface area contributed by atoms with Gasteiger partial charge in [-0.2, -0.15) is 0 Å². The van der Waals surface area contributed by atoms with Gasteiger partial charge in [-0.15, -0.1) is 11.3 Å². The van der Waals surface area contributed by atoms with E-state index in [-0.39, 0.29) is 35.6 Å². The van der Waals surface area contributed by atoms with Gasteiger partial charge in [0.15, 0.2) is 11.6 Å². The van der Waals surface area contributed by atoms with Crippen molar-refractivity contribution in [2.45, 2.75) is 0 Å². The van der Waals surface area contributed by atoms with E-state index in [9.17, 15) is 29.0 Å². The van der Waals surface area contributed by atoms with E-state index in [0.29, 0.717) is 18.8 Å². The van der Waals surface area contributed by atoms with Crippen LogP contribution in [0.5, 0.6) is 5.75 Å². The van der Waals surface area contributed by atoms with Crippen LogP contribution in [-0.4, -0.2) is 69.9 Å². The number of rotatable bonds is 4. The first-order valence-corrected chi connectivity index (χ1v) is 10.2. The summed E-state index contributed by atoms with van der Waals surface area (Å²) < 4.78 is 16.2. The zero-order chi connectivity index (χ0) is 22.3. The molecule has 3 heterocycles. The van der Waals surface area contributed by atoms with Crippen LogP contribution in [0.1, 0.15) is 20.8 Å². The Morgan fingerprint density at radius 2 is 1.97 bits per heavy atom. The van der Waals surface area contributed by atoms with Crippen LogP contribution in [-0.2, 0) is 0 Å². The highest BCUT2D eigenvalue weighted by molar-refractivity contribution is 7.07. The number of phenols is 1. The van der Waals surface area contributed by atoms with Crippen LogP contribution in [0, 0.1) is 5.82 Å². The number of pyridine rings is 1. The minimum absolute atomic E-state index is 0.0325. The average Bonchev–Trinajstić information content (AvgIpc) is 3.29. The lowest BCUT2D eigenvalue weighted by atomic mass is 10.1. The lowest BCUT2D eigenvalue weighted by molar-refractivity contribution is 0.0693. The van der Waals surface area contributed by atoms with E-state index in [1.165, 1.54) is 23.1 Å². The number of carboxylic acid groups (broad SMARTS) is 1. The number of nitrogens with zero attached hydrogens (tertiary/aromatic N) is 4. The van der Waals surface area contributed by atoms with E-state index < -0.39 is 28.5 Å². The smallest absolute Gasteiger partial charge is 0.341 e. The normalized spacial score (nSPS) is 14.1. The number of anilines is 1. The van der Waals surface area contributed by atoms with Crippen molar-refractivity contribution in [1.29, 1.82) is 0 Å². The fraction of sp³-hybridized carbons (Fsp3) is 0.263. The van der Waals surface area contributed by atoms with Crippen molar-refractivity contribution in [3.8, 4) is 5.75 Å². The van der Waals surface area contributed by atoms with Crippen molar-refractivity contribution in [2.75, 3.05) is 43.6 Å². The quantitative estimate of drug-likeness (QED) is 0.543. The number of halogens is 1. The Kier molecular flexibility index (Phi) is 5.23. The molecule has 31 heavy (non-hydrogen) atoms. The predicted molar refractivity (Wildman–Crippen MR) is 112 cm³/mol. The molecule has 162 valence electrons. The van der Waals surface area contributed by atoms with E-state index >= 15 is 0 Å². The third kappa shape index (κ3) is 3.44. The molecule has 0 unspecified atom stereocenters. The average molecular weight is 447 g/mol. The van der Waals surface area contributed by atoms with E-state index in [1.807, 2.05) is 0 Å². The first kappa shape index (κ1) is 20.6. The van der Waals surface area contributed by atoms with Gasteiger partial charge in [0.25, 0.3) is 5.91 Å². The molecule has 0 bridgehead atoms. The van der Waals surface area contributed by atoms with Crippen LogP contribution in [0.15, 0.2) is 27.9 Å². The summed E-state index contributed by atoms with van der Waals surface area (Å²) in [5, 5.41) is 21.5. The molecule has 0 radical (unpaired) electrons. The molecule has 4 rings (SSSR count). The first-order chi connectivity index (χ1) is 14.8. The summed E-state index contributed by atoms with van der Waals surface area (Å²) in [6.45, 7) is 1.10. The molecule has 3 aromatic rings. The maximum Gasteiger partial charge on any atom is 0.341 e. The van der Waals surface area contributed by atoms with Gasteiger partial charge in [-0.05, 0) is 6.07 Å². The maximum atomic E-state index is 15.0. The Balaban J connectivity index is 1.71. The molecular formula is C19H18FN5O5S. The summed E-state index contributed by atoms with van der Waals surface area (Å²) in [7, 11) is 1.47. The number of nitrogens with one attached hydrogen (secondary N) is 1. The number of benzene rings is 1. The van der Waals surface area contributed by atoms with Gasteiger partial charge in [0.05, 0.1) is 10.9 Å². The molecule has 1 aliphatic rings. The molecule has 1 amide bonds. The number of piperazine rings is 1. The summed E-state index contributed by atoms with van der Waals surface area (Å²) in [5.74, 6) is -3.01. The Morgan fingerprint density at radius 1 is 1.26 bits per heavy atom. The van der Waals surface area contributed by atoms with Crippen LogP contribution >= 0.6 is 11.3 Å². The Bertz CT molecular complexity index is 1230. The molecule has 12 heteroatoms. The van der Waals surface area contributed by atoms with Gasteiger partial charge in [-0.1, -0.05) is 0 Å². The number of amides is 1. The Labute approximate surface area is 178 Å². The fourth-order valence-electron chi connectivity index (χ4n) is 3.67. The van der Waals surface area contributed by atoms with Crippen LogP contribution in [0.25, 0.3) is 10.9 Å². The highest BCUT2D eigenvalue weighted by Crippen LogP contribution is 2.37. The number of aromatic hydroxyl groups is 1. The summed E-state index contributed by atoms with van der Waals surface area (Å²) >= 11 is 1.32. The molecule has 1 aliphatic heterocycles. The minimum Gasteiger partial charge on any atom is -0.504 e. The highest BCUT2D eigenvalue weighted by atomic mass is 32.1. The molecule has 0 atom stereocenters. The largest absolute Gasteiger partial charge is 0.504 e. The lowest BCUT2D eigenvalue weighted by Gasteiger charge is -2.36. The van der Waals surface area contributed by atoms with Gasteiger partial charge < -0.3 is 25.4 Å². The first-order valence-electron chi connectivity index (χ1n) is 9.27. The molecular weight excluding hydrogens is 429 g/mol. The van der Waals surface area contributed by atoms with Crippen LogP contribution in [0.3, 0.4) is 0 Å². The molecule has 1 aromatic carbocycles. The standard InChI is InChI=1S/C19H18FN5O5S/c1-21-25-7-11(19(29)30)16(26)10-6-12(20)15(17(27)14(10)25)23-2-4-24(5-3-23)18(28)13-8-31-9-22-13/h6-9,21,27H,2-5H2,1H3,(H,29,30). The highest BCUT2D eigenvalue weighted by Gasteiger charge is 2.29. The summed E-state index contributed by atoms with van der Waals surface area (Å²) in [6.07, 6.45) is 1.04. The Morgan fingerprint density at radius 3 is 2.55 bits per heavy atom. The van der Waals surface area contributed by atoms with Crippen LogP contribution in [0.2, 0.25) is 0 Å². The van der Waals surface area contributed by atoms with Gasteiger partial charge in [-0.3, -0.25) is 14.3 Å². The van der Waals surface area contributed by atoms with E-state index in [2.05, 4.69) is 10.4 Å². The number of hydrogen-bond donors (Lipinski definition) is 3. The molecule has 2 aromatic heterocycles. The summed E-state index contributed by atoms with van der Waals surface area (Å²) in [6, 6.07) is 0.930. The summed E-state index contributed by atoms with van der Waals surface area (Å²) in [5.41, 5.74) is 3.01. The third-order valence-corrected chi connectivity index (χ3v) is 5.78.